The lowest BCUT2D eigenvalue weighted by Crippen LogP contribution is -1.97. The minimum Gasteiger partial charge on any atom is -0.309 e. The van der Waals surface area contributed by atoms with Crippen LogP contribution < -0.4 is 0 Å². The number of para-hydroxylation sites is 2. The zero-order valence-electron chi connectivity index (χ0n) is 28.1. The number of fused-ring (bicyclic) bond motifs is 11. The van der Waals surface area contributed by atoms with Crippen molar-refractivity contribution in [3.63, 3.8) is 0 Å². The molecule has 1 aliphatic carbocycles. The predicted molar refractivity (Wildman–Crippen MR) is 218 cm³/mol. The van der Waals surface area contributed by atoms with Gasteiger partial charge < -0.3 is 9.13 Å². The molecule has 0 spiro atoms. The van der Waals surface area contributed by atoms with E-state index in [0.717, 1.165) is 11.2 Å². The van der Waals surface area contributed by atoms with Gasteiger partial charge in [0.15, 0.2) is 0 Å². The van der Waals surface area contributed by atoms with Crippen LogP contribution in [0.15, 0.2) is 176 Å². The molecule has 0 atom stereocenters. The van der Waals surface area contributed by atoms with Crippen LogP contribution in [0.25, 0.3) is 110 Å². The molecule has 3 heterocycles. The maximum atomic E-state index is 5.04. The van der Waals surface area contributed by atoms with Crippen LogP contribution in [0.2, 0.25) is 0 Å². The summed E-state index contributed by atoms with van der Waals surface area (Å²) in [6, 6.07) is 62.1. The molecule has 0 saturated heterocycles. The van der Waals surface area contributed by atoms with Gasteiger partial charge in [-0.25, -0.2) is 0 Å². The Morgan fingerprint density at radius 2 is 1.00 bits per heavy atom. The van der Waals surface area contributed by atoms with Crippen molar-refractivity contribution >= 4 is 65.3 Å². The van der Waals surface area contributed by atoms with Crippen LogP contribution in [0.3, 0.4) is 0 Å². The van der Waals surface area contributed by atoms with Gasteiger partial charge >= 0.3 is 0 Å². The summed E-state index contributed by atoms with van der Waals surface area (Å²) in [5.41, 5.74) is 15.6. The average molecular weight is 660 g/mol. The fourth-order valence-electron chi connectivity index (χ4n) is 9.07. The number of nitrogens with zero attached hydrogens (tertiary/aromatic N) is 3. The van der Waals surface area contributed by atoms with E-state index in [1.165, 1.54) is 98.8 Å². The monoisotopic (exact) mass is 659 g/mol. The fraction of sp³-hybridized carbons (Fsp3) is 0. The van der Waals surface area contributed by atoms with Gasteiger partial charge in [-0.1, -0.05) is 109 Å². The van der Waals surface area contributed by atoms with E-state index in [4.69, 9.17) is 4.98 Å². The highest BCUT2D eigenvalue weighted by Crippen LogP contribution is 2.48. The fourth-order valence-corrected chi connectivity index (χ4v) is 9.07. The lowest BCUT2D eigenvalue weighted by Gasteiger charge is -2.12. The Kier molecular flexibility index (Phi) is 5.50. The van der Waals surface area contributed by atoms with E-state index >= 15 is 0 Å². The maximum Gasteiger partial charge on any atom is 0.0954 e. The molecular weight excluding hydrogens is 631 g/mol. The third kappa shape index (κ3) is 3.66. The average Bonchev–Trinajstić information content (AvgIpc) is 3.85. The molecule has 8 aromatic carbocycles. The number of rotatable bonds is 3. The summed E-state index contributed by atoms with van der Waals surface area (Å²) in [6.07, 6.45) is 1.97. The zero-order valence-corrected chi connectivity index (χ0v) is 28.1. The van der Waals surface area contributed by atoms with Gasteiger partial charge in [-0.2, -0.15) is 0 Å². The summed E-state index contributed by atoms with van der Waals surface area (Å²) in [6.45, 7) is 0. The van der Waals surface area contributed by atoms with E-state index in [2.05, 4.69) is 179 Å². The minimum absolute atomic E-state index is 1.03. The summed E-state index contributed by atoms with van der Waals surface area (Å²) in [4.78, 5) is 5.04. The maximum absolute atomic E-state index is 5.04. The largest absolute Gasteiger partial charge is 0.309 e. The van der Waals surface area contributed by atoms with E-state index in [0.29, 0.717) is 0 Å². The molecule has 52 heavy (non-hydrogen) atoms. The molecule has 0 fully saturated rings. The van der Waals surface area contributed by atoms with Gasteiger partial charge in [0.05, 0.1) is 33.3 Å². The van der Waals surface area contributed by atoms with Crippen molar-refractivity contribution in [3.8, 4) is 44.8 Å². The lowest BCUT2D eigenvalue weighted by atomic mass is 9.99. The third-order valence-corrected chi connectivity index (χ3v) is 11.3. The van der Waals surface area contributed by atoms with Crippen LogP contribution in [0.5, 0.6) is 0 Å². The van der Waals surface area contributed by atoms with Crippen LogP contribution in [0.1, 0.15) is 0 Å². The Bertz CT molecular complexity index is 3260. The highest BCUT2D eigenvalue weighted by molar-refractivity contribution is 6.22. The molecule has 0 unspecified atom stereocenters. The summed E-state index contributed by atoms with van der Waals surface area (Å²) in [7, 11) is 0. The Labute approximate surface area is 299 Å². The Balaban J connectivity index is 1.09. The van der Waals surface area contributed by atoms with Gasteiger partial charge in [0.2, 0.25) is 0 Å². The molecule has 0 amide bonds. The standard InChI is InChI=1S/C49H29N3/c1-2-11-33(12-3-1)51-44-23-20-32(29-41(44)47-34-13-5-4-10-30(34)18-24-45(47)51)31-19-22-43-40(28-31)37-16-8-9-17-42(37)52(43)46-25-21-38-35-14-6-7-15-36(35)39-26-27-50-49(46)48(38)39/h1-29H. The van der Waals surface area contributed by atoms with Gasteiger partial charge in [-0.3, -0.25) is 4.98 Å². The Hall–Kier alpha value is -6.97. The predicted octanol–water partition coefficient (Wildman–Crippen LogP) is 12.9. The number of pyridine rings is 1. The zero-order chi connectivity index (χ0) is 33.9. The van der Waals surface area contributed by atoms with Crippen molar-refractivity contribution in [2.45, 2.75) is 0 Å². The third-order valence-electron chi connectivity index (χ3n) is 11.3. The molecule has 0 saturated carbocycles. The normalized spacial score (nSPS) is 12.2. The van der Waals surface area contributed by atoms with Crippen molar-refractivity contribution in [3.05, 3.63) is 176 Å². The minimum atomic E-state index is 1.03. The van der Waals surface area contributed by atoms with Gasteiger partial charge in [-0.05, 0) is 105 Å². The van der Waals surface area contributed by atoms with Gasteiger partial charge in [-0.15, -0.1) is 0 Å². The van der Waals surface area contributed by atoms with Crippen molar-refractivity contribution in [1.29, 1.82) is 0 Å². The Morgan fingerprint density at radius 1 is 0.365 bits per heavy atom. The smallest absolute Gasteiger partial charge is 0.0954 e. The summed E-state index contributed by atoms with van der Waals surface area (Å²) in [5.74, 6) is 0. The van der Waals surface area contributed by atoms with E-state index in [-0.39, 0.29) is 0 Å². The SMILES string of the molecule is c1ccc(-n2c3ccc(-c4ccc5c(c4)c4ccccc4n5-c4ccc5c6c(ccnc46)-c4ccccc4-5)cc3c3c4ccccc4ccc32)cc1. The van der Waals surface area contributed by atoms with Gasteiger partial charge in [0, 0.05) is 38.8 Å². The first-order valence-corrected chi connectivity index (χ1v) is 17.9. The number of benzene rings is 8. The molecular formula is C49H29N3. The second-order valence-corrected chi connectivity index (χ2v) is 13.9. The second-order valence-electron chi connectivity index (χ2n) is 13.9. The van der Waals surface area contributed by atoms with Crippen LogP contribution in [0.4, 0.5) is 0 Å². The van der Waals surface area contributed by atoms with Crippen molar-refractivity contribution < 1.29 is 0 Å². The molecule has 1 aliphatic rings. The highest BCUT2D eigenvalue weighted by Gasteiger charge is 2.25. The van der Waals surface area contributed by atoms with E-state index < -0.39 is 0 Å². The summed E-state index contributed by atoms with van der Waals surface area (Å²) in [5, 5.41) is 8.78. The summed E-state index contributed by atoms with van der Waals surface area (Å²) < 4.78 is 4.82. The molecule has 0 aliphatic heterocycles. The lowest BCUT2D eigenvalue weighted by molar-refractivity contribution is 1.18. The first kappa shape index (κ1) is 27.8. The molecule has 240 valence electrons. The van der Waals surface area contributed by atoms with Crippen LogP contribution in [0, 0.1) is 0 Å². The van der Waals surface area contributed by atoms with Crippen molar-refractivity contribution in [2.24, 2.45) is 0 Å². The first-order chi connectivity index (χ1) is 25.8. The molecule has 12 rings (SSSR count). The quantitative estimate of drug-likeness (QED) is 0.185. The van der Waals surface area contributed by atoms with Crippen LogP contribution in [-0.2, 0) is 0 Å². The Morgan fingerprint density at radius 3 is 1.83 bits per heavy atom. The number of hydrogen-bond acceptors (Lipinski definition) is 1. The molecule has 11 aromatic rings. The van der Waals surface area contributed by atoms with Gasteiger partial charge in [0.25, 0.3) is 0 Å². The van der Waals surface area contributed by atoms with Crippen LogP contribution in [-0.4, -0.2) is 14.1 Å². The molecule has 0 radical (unpaired) electrons. The number of hydrogen-bond donors (Lipinski definition) is 0. The van der Waals surface area contributed by atoms with Crippen LogP contribution >= 0.6 is 0 Å². The van der Waals surface area contributed by atoms with E-state index in [9.17, 15) is 0 Å². The van der Waals surface area contributed by atoms with Gasteiger partial charge in [0.1, 0.15) is 0 Å². The molecule has 0 N–H and O–H groups in total. The van der Waals surface area contributed by atoms with E-state index in [1.54, 1.807) is 0 Å². The second kappa shape index (κ2) is 10.3. The van der Waals surface area contributed by atoms with Crippen molar-refractivity contribution in [1.82, 2.24) is 14.1 Å². The molecule has 3 nitrogen and oxygen atoms in total. The molecule has 3 heteroatoms. The molecule has 3 aromatic heterocycles. The van der Waals surface area contributed by atoms with E-state index in [1.807, 2.05) is 6.20 Å². The molecule has 0 bridgehead atoms. The van der Waals surface area contributed by atoms with Crippen molar-refractivity contribution in [2.75, 3.05) is 0 Å². The number of aromatic nitrogens is 3. The highest BCUT2D eigenvalue weighted by atomic mass is 15.0. The first-order valence-electron chi connectivity index (χ1n) is 17.9. The summed E-state index contributed by atoms with van der Waals surface area (Å²) >= 11 is 0. The topological polar surface area (TPSA) is 22.8 Å².